The van der Waals surface area contributed by atoms with Crippen molar-refractivity contribution in [2.24, 2.45) is 5.92 Å². The van der Waals surface area contributed by atoms with Crippen LogP contribution in [0.5, 0.6) is 5.75 Å². The zero-order valence-electron chi connectivity index (χ0n) is 22.0. The molecule has 7 rings (SSSR count). The maximum Gasteiger partial charge on any atom is 0.251 e. The Hall–Kier alpha value is -3.43. The molecule has 1 atom stereocenters. The van der Waals surface area contributed by atoms with Crippen molar-refractivity contribution < 1.29 is 19.1 Å². The van der Waals surface area contributed by atoms with Gasteiger partial charge in [-0.15, -0.1) is 0 Å². The van der Waals surface area contributed by atoms with Crippen molar-refractivity contribution in [1.82, 2.24) is 20.2 Å². The van der Waals surface area contributed by atoms with Gasteiger partial charge in [0.05, 0.1) is 11.8 Å². The van der Waals surface area contributed by atoms with Gasteiger partial charge in [0.1, 0.15) is 18.2 Å². The first kappa shape index (κ1) is 24.9. The third kappa shape index (κ3) is 5.13. The molecule has 0 spiro atoms. The molecule has 9 heteroatoms. The molecule has 3 aliphatic carbocycles. The highest BCUT2D eigenvalue weighted by molar-refractivity contribution is 5.94. The minimum Gasteiger partial charge on any atom is -0.485 e. The van der Waals surface area contributed by atoms with Gasteiger partial charge in [-0.1, -0.05) is 6.07 Å². The summed E-state index contributed by atoms with van der Waals surface area (Å²) in [6, 6.07) is 7.61. The van der Waals surface area contributed by atoms with Crippen molar-refractivity contribution in [2.75, 3.05) is 25.0 Å². The molecule has 2 aromatic heterocycles. The number of benzene rings is 1. The van der Waals surface area contributed by atoms with Crippen molar-refractivity contribution in [3.05, 3.63) is 71.1 Å². The number of nitrogens with one attached hydrogen (secondary N) is 2. The number of nitrogens with zero attached hydrogens (tertiary/aromatic N) is 3. The van der Waals surface area contributed by atoms with E-state index in [0.29, 0.717) is 24.5 Å². The largest absolute Gasteiger partial charge is 0.485 e. The Morgan fingerprint density at radius 3 is 2.89 bits per heavy atom. The van der Waals surface area contributed by atoms with Gasteiger partial charge in [-0.2, -0.15) is 0 Å². The molecule has 4 aliphatic rings. The fourth-order valence-electron chi connectivity index (χ4n) is 6.08. The van der Waals surface area contributed by atoms with E-state index in [0.717, 1.165) is 42.6 Å². The monoisotopic (exact) mass is 517 g/mol. The number of aliphatic hydroxyl groups is 1. The Labute approximate surface area is 222 Å². The number of rotatable bonds is 10. The molecule has 0 saturated heterocycles. The molecular formula is C29H35N5O4. The second-order valence-electron chi connectivity index (χ2n) is 11.5. The summed E-state index contributed by atoms with van der Waals surface area (Å²) < 4.78 is 11.2. The van der Waals surface area contributed by atoms with Crippen LogP contribution in [0, 0.1) is 12.8 Å². The normalized spacial score (nSPS) is 23.4. The Kier molecular flexibility index (Phi) is 6.36. The molecule has 0 radical (unpaired) electrons. The number of hydrogen-bond donors (Lipinski definition) is 3. The van der Waals surface area contributed by atoms with Gasteiger partial charge in [0, 0.05) is 43.5 Å². The lowest BCUT2D eigenvalue weighted by molar-refractivity contribution is 0.00180. The lowest BCUT2D eigenvalue weighted by atomic mass is 9.50. The predicted octanol–water partition coefficient (Wildman–Crippen LogP) is 3.46. The summed E-state index contributed by atoms with van der Waals surface area (Å²) >= 11 is 0. The second-order valence-corrected chi connectivity index (χ2v) is 11.5. The SMILES string of the molecule is Cc1c(OCc2cnco2)ccc2c1CCN(CC(C)(O)CNC(=O)c1ccnc(NC34CC(C3)C4)c1)C2. The zero-order chi connectivity index (χ0) is 26.3. The van der Waals surface area contributed by atoms with Gasteiger partial charge in [0.25, 0.3) is 5.91 Å². The van der Waals surface area contributed by atoms with E-state index in [1.807, 2.05) is 6.07 Å². The molecule has 1 aromatic carbocycles. The van der Waals surface area contributed by atoms with Crippen LogP contribution in [-0.2, 0) is 19.6 Å². The van der Waals surface area contributed by atoms with Crippen LogP contribution in [0.1, 0.15) is 59.0 Å². The fourth-order valence-corrected chi connectivity index (χ4v) is 6.08. The highest BCUT2D eigenvalue weighted by Gasteiger charge is 2.56. The van der Waals surface area contributed by atoms with Gasteiger partial charge in [-0.3, -0.25) is 9.69 Å². The molecule has 2 bridgehead atoms. The van der Waals surface area contributed by atoms with Crippen molar-refractivity contribution in [3.63, 3.8) is 0 Å². The molecular weight excluding hydrogens is 482 g/mol. The van der Waals surface area contributed by atoms with E-state index in [1.165, 1.54) is 36.8 Å². The molecule has 3 fully saturated rings. The molecule has 1 unspecified atom stereocenters. The molecule has 3 aromatic rings. The number of β-amino-alcohol motifs (C(OH)–C–C–N with tert-alkyl or cyclic N) is 1. The van der Waals surface area contributed by atoms with Crippen LogP contribution >= 0.6 is 0 Å². The number of pyridine rings is 1. The Morgan fingerprint density at radius 1 is 1.32 bits per heavy atom. The predicted molar refractivity (Wildman–Crippen MR) is 142 cm³/mol. The summed E-state index contributed by atoms with van der Waals surface area (Å²) in [4.78, 5) is 23.4. The Morgan fingerprint density at radius 2 is 2.16 bits per heavy atom. The van der Waals surface area contributed by atoms with Crippen LogP contribution in [0.25, 0.3) is 0 Å². The lowest BCUT2D eigenvalue weighted by Crippen LogP contribution is -2.63. The molecule has 3 saturated carbocycles. The summed E-state index contributed by atoms with van der Waals surface area (Å²) in [6.07, 6.45) is 9.20. The molecule has 1 amide bonds. The van der Waals surface area contributed by atoms with Crippen LogP contribution in [0.2, 0.25) is 0 Å². The van der Waals surface area contributed by atoms with E-state index < -0.39 is 5.60 Å². The summed E-state index contributed by atoms with van der Waals surface area (Å²) in [5.74, 6) is 2.95. The molecule has 200 valence electrons. The maximum absolute atomic E-state index is 12.8. The van der Waals surface area contributed by atoms with Crippen LogP contribution in [0.3, 0.4) is 0 Å². The summed E-state index contributed by atoms with van der Waals surface area (Å²) in [5, 5.41) is 17.5. The van der Waals surface area contributed by atoms with Crippen molar-refractivity contribution >= 4 is 11.7 Å². The molecule has 3 N–H and O–H groups in total. The topological polar surface area (TPSA) is 113 Å². The standard InChI is InChI=1S/C29H35N5O4/c1-19-24-6-8-34(14-22(24)3-4-25(19)37-15-23-13-30-18-38-23)17-28(2,36)16-32-27(35)21-5-7-31-26(9-21)33-29-10-20(11-29)12-29/h3-5,7,9,13,18,20,36H,6,8,10-12,14-17H2,1-2H3,(H,31,33)(H,32,35). The van der Waals surface area contributed by atoms with E-state index in [2.05, 4.69) is 38.5 Å². The summed E-state index contributed by atoms with van der Waals surface area (Å²) in [5.41, 5.74) is 3.36. The van der Waals surface area contributed by atoms with Crippen molar-refractivity contribution in [1.29, 1.82) is 0 Å². The quantitative estimate of drug-likeness (QED) is 0.375. The van der Waals surface area contributed by atoms with Gasteiger partial charge in [-0.05, 0) is 80.3 Å². The molecule has 1 aliphatic heterocycles. The first-order valence-electron chi connectivity index (χ1n) is 13.4. The third-order valence-corrected chi connectivity index (χ3v) is 8.22. The number of aromatic nitrogens is 2. The highest BCUT2D eigenvalue weighted by Crippen LogP contribution is 2.58. The van der Waals surface area contributed by atoms with Crippen LogP contribution in [0.15, 0.2) is 47.5 Å². The van der Waals surface area contributed by atoms with E-state index >= 15 is 0 Å². The van der Waals surface area contributed by atoms with E-state index in [-0.39, 0.29) is 18.0 Å². The Bertz CT molecular complexity index is 1310. The number of carbonyl (C=O) groups excluding carboxylic acids is 1. The number of fused-ring (bicyclic) bond motifs is 1. The fraction of sp³-hybridized carbons (Fsp3) is 0.483. The van der Waals surface area contributed by atoms with Gasteiger partial charge in [0.15, 0.2) is 12.2 Å². The number of ether oxygens (including phenoxy) is 1. The van der Waals surface area contributed by atoms with E-state index in [9.17, 15) is 9.90 Å². The lowest BCUT2D eigenvalue weighted by Gasteiger charge is -2.62. The van der Waals surface area contributed by atoms with Gasteiger partial charge in [-0.25, -0.2) is 9.97 Å². The smallest absolute Gasteiger partial charge is 0.251 e. The molecule has 3 heterocycles. The first-order chi connectivity index (χ1) is 18.3. The number of amides is 1. The number of oxazole rings is 1. The van der Waals surface area contributed by atoms with Crippen molar-refractivity contribution in [2.45, 2.75) is 63.8 Å². The summed E-state index contributed by atoms with van der Waals surface area (Å²) in [6.45, 7) is 6.40. The number of carbonyl (C=O) groups is 1. The first-order valence-corrected chi connectivity index (χ1v) is 13.4. The van der Waals surface area contributed by atoms with Gasteiger partial charge in [0.2, 0.25) is 0 Å². The van der Waals surface area contributed by atoms with Crippen LogP contribution in [0.4, 0.5) is 5.82 Å². The third-order valence-electron chi connectivity index (χ3n) is 8.22. The average molecular weight is 518 g/mol. The van der Waals surface area contributed by atoms with Crippen LogP contribution < -0.4 is 15.4 Å². The Balaban J connectivity index is 1.01. The number of hydrogen-bond acceptors (Lipinski definition) is 8. The van der Waals surface area contributed by atoms with Crippen molar-refractivity contribution in [3.8, 4) is 5.75 Å². The second kappa shape index (κ2) is 9.71. The maximum atomic E-state index is 12.8. The van der Waals surface area contributed by atoms with Gasteiger partial charge >= 0.3 is 0 Å². The summed E-state index contributed by atoms with van der Waals surface area (Å²) in [7, 11) is 0. The van der Waals surface area contributed by atoms with Crippen LogP contribution in [-0.4, -0.2) is 56.7 Å². The minimum atomic E-state index is -1.07. The van der Waals surface area contributed by atoms with E-state index in [4.69, 9.17) is 9.15 Å². The number of anilines is 1. The average Bonchev–Trinajstić information content (AvgIpc) is 3.37. The minimum absolute atomic E-state index is 0.166. The molecule has 9 nitrogen and oxygen atoms in total. The highest BCUT2D eigenvalue weighted by atomic mass is 16.5. The molecule has 38 heavy (non-hydrogen) atoms. The zero-order valence-corrected chi connectivity index (χ0v) is 22.0. The van der Waals surface area contributed by atoms with E-state index in [1.54, 1.807) is 31.5 Å². The van der Waals surface area contributed by atoms with Gasteiger partial charge < -0.3 is 24.9 Å².